The Morgan fingerprint density at radius 1 is 0.612 bits per heavy atom. The Morgan fingerprint density at radius 2 is 1.13 bits per heavy atom. The van der Waals surface area contributed by atoms with E-state index in [1.807, 2.05) is 18.2 Å². The summed E-state index contributed by atoms with van der Waals surface area (Å²) in [5, 5.41) is 0. The van der Waals surface area contributed by atoms with E-state index in [0.717, 1.165) is 102 Å². The fourth-order valence-corrected chi connectivity index (χ4v) is 7.97. The average Bonchev–Trinajstić information content (AvgIpc) is 3.31. The molecule has 380 valence electrons. The number of carbonyl (C=O) groups is 3. The quantitative estimate of drug-likeness (QED) is 0.0210. The van der Waals surface area contributed by atoms with Crippen LogP contribution in [0.25, 0.3) is 0 Å². The lowest BCUT2D eigenvalue weighted by atomic mass is 9.96. The molecular weight excluding hydrogens is 839 g/mol. The Balaban J connectivity index is 1.88. The zero-order valence-corrected chi connectivity index (χ0v) is 43.5. The molecule has 0 spiro atoms. The third kappa shape index (κ3) is 32.7. The molecule has 67 heavy (non-hydrogen) atoms. The first-order valence-corrected chi connectivity index (χ1v) is 26.5. The van der Waals surface area contributed by atoms with E-state index in [-0.39, 0.29) is 50.1 Å². The van der Waals surface area contributed by atoms with Crippen molar-refractivity contribution in [2.75, 3.05) is 51.0 Å². The number of piperidine rings is 1. The molecule has 0 radical (unpaired) electrons. The number of benzene rings is 1. The Hall–Kier alpha value is -3.69. The first-order chi connectivity index (χ1) is 32.5. The second kappa shape index (κ2) is 39.2. The Labute approximate surface area is 408 Å². The molecule has 3 atom stereocenters. The van der Waals surface area contributed by atoms with E-state index in [9.17, 15) is 14.4 Å². The molecule has 1 fully saturated rings. The minimum atomic E-state index is -0.511. The van der Waals surface area contributed by atoms with Gasteiger partial charge < -0.3 is 28.6 Å². The van der Waals surface area contributed by atoms with Gasteiger partial charge in [0.25, 0.3) is 0 Å². The molecule has 0 aliphatic carbocycles. The fraction of sp³-hybridized carbons (Fsp3) is 0.707. The predicted molar refractivity (Wildman–Crippen MR) is 277 cm³/mol. The van der Waals surface area contributed by atoms with Crippen molar-refractivity contribution in [1.82, 2.24) is 0 Å². The van der Waals surface area contributed by atoms with Gasteiger partial charge in [0.15, 0.2) is 6.29 Å². The van der Waals surface area contributed by atoms with E-state index in [1.54, 1.807) is 0 Å². The monoisotopic (exact) mass is 934 g/mol. The Morgan fingerprint density at radius 3 is 1.70 bits per heavy atom. The largest absolute Gasteiger partial charge is 0.465 e. The van der Waals surface area contributed by atoms with E-state index in [0.29, 0.717) is 50.7 Å². The molecule has 0 amide bonds. The molecule has 1 aromatic carbocycles. The molecule has 2 rings (SSSR count). The van der Waals surface area contributed by atoms with Crippen LogP contribution in [0.4, 0.5) is 5.69 Å². The first kappa shape index (κ1) is 59.4. The van der Waals surface area contributed by atoms with Gasteiger partial charge in [-0.05, 0) is 142 Å². The van der Waals surface area contributed by atoms with Gasteiger partial charge in [-0.2, -0.15) is 0 Å². The molecule has 1 aliphatic rings. The highest BCUT2D eigenvalue weighted by molar-refractivity contribution is 5.73. The number of carbonyl (C=O) groups excluding carboxylic acids is 3. The topological polar surface area (TPSA) is 101 Å². The van der Waals surface area contributed by atoms with Crippen molar-refractivity contribution >= 4 is 23.6 Å². The van der Waals surface area contributed by atoms with E-state index >= 15 is 0 Å². The maximum Gasteiger partial charge on any atom is 0.309 e. The number of ether oxygens (including phenoxy) is 5. The highest BCUT2D eigenvalue weighted by atomic mass is 16.7. The van der Waals surface area contributed by atoms with Gasteiger partial charge in [-0.3, -0.25) is 14.4 Å². The highest BCUT2D eigenvalue weighted by Crippen LogP contribution is 2.24. The SMILES string of the molecule is CCCCC/C=C\C/C=C\CCCCCCCC(=O)OCC(COC(=O)CCC(OCCC(C)CCC=C(C)C)OCCC(C)CCC=C(C)C)COC(=O)C1CCN(c2ccccc2)CC1. The van der Waals surface area contributed by atoms with E-state index in [4.69, 9.17) is 23.7 Å². The van der Waals surface area contributed by atoms with Crippen molar-refractivity contribution in [3.63, 3.8) is 0 Å². The number of anilines is 1. The number of hydrogen-bond acceptors (Lipinski definition) is 9. The van der Waals surface area contributed by atoms with Crippen LogP contribution >= 0.6 is 0 Å². The number of hydrogen-bond donors (Lipinski definition) is 0. The van der Waals surface area contributed by atoms with Crippen molar-refractivity contribution in [1.29, 1.82) is 0 Å². The lowest BCUT2D eigenvalue weighted by molar-refractivity contribution is -0.163. The predicted octanol–water partition coefficient (Wildman–Crippen LogP) is 14.6. The summed E-state index contributed by atoms with van der Waals surface area (Å²) in [6.07, 6.45) is 33.8. The van der Waals surface area contributed by atoms with Crippen LogP contribution in [0.5, 0.6) is 0 Å². The smallest absolute Gasteiger partial charge is 0.309 e. The molecular formula is C58H95NO8. The van der Waals surface area contributed by atoms with Gasteiger partial charge in [0, 0.05) is 44.8 Å². The zero-order chi connectivity index (χ0) is 48.7. The molecule has 0 N–H and O–H groups in total. The van der Waals surface area contributed by atoms with Crippen LogP contribution in [0.15, 0.2) is 77.9 Å². The molecule has 1 saturated heterocycles. The number of rotatable bonds is 39. The standard InChI is InChI=1S/C58H95NO8/c1-8-9-10-11-12-13-14-15-16-17-18-19-20-21-25-34-55(60)65-45-52(47-67-58(62)53-37-41-59(42-38-53)54-32-23-22-24-33-54)46-66-56(61)35-36-57(63-43-39-50(6)30-26-28-48(2)3)64-44-40-51(7)31-27-29-49(4)5/h12-13,15-16,22-24,28-29,32-33,50-53,57H,8-11,14,17-21,25-27,30-31,34-47H2,1-7H3/b13-12-,16-15-. The van der Waals surface area contributed by atoms with Gasteiger partial charge in [-0.1, -0.05) is 119 Å². The van der Waals surface area contributed by atoms with Crippen LogP contribution < -0.4 is 4.90 Å². The molecule has 9 nitrogen and oxygen atoms in total. The van der Waals surface area contributed by atoms with Crippen molar-refractivity contribution in [2.24, 2.45) is 23.7 Å². The summed E-state index contributed by atoms with van der Waals surface area (Å²) in [6.45, 7) is 17.9. The Kier molecular flexibility index (Phi) is 34.8. The number of esters is 3. The minimum Gasteiger partial charge on any atom is -0.465 e. The number of allylic oxidation sites excluding steroid dienone is 8. The second-order valence-corrected chi connectivity index (χ2v) is 19.7. The lowest BCUT2D eigenvalue weighted by Gasteiger charge is -2.32. The summed E-state index contributed by atoms with van der Waals surface area (Å²) >= 11 is 0. The Bertz CT molecular complexity index is 1500. The molecule has 9 heteroatoms. The summed E-state index contributed by atoms with van der Waals surface area (Å²) in [5.74, 6) is -0.580. The number of para-hydroxylation sites is 1. The third-order valence-corrected chi connectivity index (χ3v) is 12.5. The van der Waals surface area contributed by atoms with Crippen LogP contribution in [0.2, 0.25) is 0 Å². The fourth-order valence-electron chi connectivity index (χ4n) is 7.97. The van der Waals surface area contributed by atoms with Crippen LogP contribution in [0, 0.1) is 23.7 Å². The third-order valence-electron chi connectivity index (χ3n) is 12.5. The molecule has 3 unspecified atom stereocenters. The number of unbranched alkanes of at least 4 members (excludes halogenated alkanes) is 8. The lowest BCUT2D eigenvalue weighted by Crippen LogP contribution is -2.37. The summed E-state index contributed by atoms with van der Waals surface area (Å²) in [5.41, 5.74) is 3.83. The highest BCUT2D eigenvalue weighted by Gasteiger charge is 2.28. The van der Waals surface area contributed by atoms with Crippen molar-refractivity contribution < 1.29 is 38.1 Å². The molecule has 0 saturated carbocycles. The average molecular weight is 934 g/mol. The first-order valence-electron chi connectivity index (χ1n) is 26.5. The van der Waals surface area contributed by atoms with Crippen molar-refractivity contribution in [3.05, 3.63) is 77.9 Å². The van der Waals surface area contributed by atoms with Gasteiger partial charge >= 0.3 is 17.9 Å². The molecule has 1 aromatic rings. The van der Waals surface area contributed by atoms with Crippen LogP contribution in [0.3, 0.4) is 0 Å². The van der Waals surface area contributed by atoms with E-state index in [1.165, 1.54) is 36.8 Å². The number of nitrogens with zero attached hydrogens (tertiary/aromatic N) is 1. The maximum atomic E-state index is 13.3. The molecule has 0 bridgehead atoms. The minimum absolute atomic E-state index is 0.00837. The van der Waals surface area contributed by atoms with Gasteiger partial charge in [0.05, 0.1) is 18.3 Å². The summed E-state index contributed by atoms with van der Waals surface area (Å²) in [4.78, 5) is 41.7. The van der Waals surface area contributed by atoms with Crippen LogP contribution in [-0.2, 0) is 38.1 Å². The zero-order valence-electron chi connectivity index (χ0n) is 43.5. The molecule has 1 aliphatic heterocycles. The van der Waals surface area contributed by atoms with Crippen LogP contribution in [-0.4, -0.2) is 70.3 Å². The summed E-state index contributed by atoms with van der Waals surface area (Å²) < 4.78 is 29.8. The molecule has 0 aromatic heterocycles. The normalized spacial score (nSPS) is 15.0. The van der Waals surface area contributed by atoms with E-state index in [2.05, 4.69) is 102 Å². The van der Waals surface area contributed by atoms with Gasteiger partial charge in [0.1, 0.15) is 19.8 Å². The van der Waals surface area contributed by atoms with Crippen molar-refractivity contribution in [3.8, 4) is 0 Å². The molecule has 1 heterocycles. The maximum absolute atomic E-state index is 13.3. The summed E-state index contributed by atoms with van der Waals surface area (Å²) in [7, 11) is 0. The van der Waals surface area contributed by atoms with Crippen molar-refractivity contribution in [2.45, 2.75) is 196 Å². The summed E-state index contributed by atoms with van der Waals surface area (Å²) in [6, 6.07) is 10.2. The van der Waals surface area contributed by atoms with E-state index < -0.39 is 12.2 Å². The van der Waals surface area contributed by atoms with Crippen LogP contribution in [0.1, 0.15) is 190 Å². The second-order valence-electron chi connectivity index (χ2n) is 19.7. The van der Waals surface area contributed by atoms with Gasteiger partial charge in [-0.25, -0.2) is 0 Å². The van der Waals surface area contributed by atoms with Gasteiger partial charge in [0.2, 0.25) is 0 Å². The van der Waals surface area contributed by atoms with Gasteiger partial charge in [-0.15, -0.1) is 0 Å².